The second kappa shape index (κ2) is 9.32. The summed E-state index contributed by atoms with van der Waals surface area (Å²) in [6.07, 6.45) is 3.53. The van der Waals surface area contributed by atoms with E-state index < -0.39 is 0 Å². The zero-order valence-corrected chi connectivity index (χ0v) is 20.4. The number of hydrogen-bond acceptors (Lipinski definition) is 4. The van der Waals surface area contributed by atoms with Gasteiger partial charge in [-0.3, -0.25) is 14.2 Å². The number of pyridine rings is 1. The average Bonchev–Trinajstić information content (AvgIpc) is 3.55. The fourth-order valence-electron chi connectivity index (χ4n) is 5.53. The van der Waals surface area contributed by atoms with E-state index in [0.29, 0.717) is 18.9 Å². The predicted octanol–water partition coefficient (Wildman–Crippen LogP) is 3.40. The number of hydrogen-bond donors (Lipinski definition) is 1. The third-order valence-electron chi connectivity index (χ3n) is 7.53. The molecule has 1 atom stereocenters. The summed E-state index contributed by atoms with van der Waals surface area (Å²) in [5.74, 6) is 0.915. The minimum atomic E-state index is -0.138. The number of nitrogens with one attached hydrogen (secondary N) is 1. The van der Waals surface area contributed by atoms with Gasteiger partial charge in [-0.1, -0.05) is 36.4 Å². The molecule has 0 unspecified atom stereocenters. The van der Waals surface area contributed by atoms with Crippen molar-refractivity contribution >= 4 is 16.8 Å². The standard InChI is InChI=1S/C29H30N4O3/c1-31-26-11-13-32(29(35)21-9-12-30-17-21)18-25(26)24-8-7-22(15-27(24)31)33-14-10-23(16-28(33)34)36-19-20-5-3-2-4-6-20/h2-8,10,14-16,21,30H,9,11-13,17-19H2,1H3/t21-/m0/s1. The number of aryl methyl sites for hydroxylation is 1. The van der Waals surface area contributed by atoms with Crippen molar-refractivity contribution in [3.8, 4) is 11.4 Å². The average molecular weight is 483 g/mol. The van der Waals surface area contributed by atoms with E-state index in [9.17, 15) is 9.59 Å². The molecule has 36 heavy (non-hydrogen) atoms. The second-order valence-corrected chi connectivity index (χ2v) is 9.73. The van der Waals surface area contributed by atoms with E-state index in [0.717, 1.165) is 54.6 Å². The molecule has 2 aliphatic rings. The number of carbonyl (C=O) groups excluding carboxylic acids is 1. The topological polar surface area (TPSA) is 68.5 Å². The van der Waals surface area contributed by atoms with E-state index in [-0.39, 0.29) is 17.4 Å². The van der Waals surface area contributed by atoms with Crippen molar-refractivity contribution in [3.63, 3.8) is 0 Å². The molecule has 184 valence electrons. The summed E-state index contributed by atoms with van der Waals surface area (Å²) in [5.41, 5.74) is 5.30. The van der Waals surface area contributed by atoms with Crippen LogP contribution in [0.1, 0.15) is 23.2 Å². The molecular weight excluding hydrogens is 452 g/mol. The Morgan fingerprint density at radius 1 is 1.11 bits per heavy atom. The molecule has 1 N–H and O–H groups in total. The molecule has 4 aromatic rings. The molecule has 1 fully saturated rings. The Bertz CT molecular complexity index is 1480. The number of aromatic nitrogens is 2. The van der Waals surface area contributed by atoms with Crippen LogP contribution in [0.5, 0.6) is 5.75 Å². The molecule has 7 heteroatoms. The number of nitrogens with zero attached hydrogens (tertiary/aromatic N) is 3. The zero-order valence-electron chi connectivity index (χ0n) is 20.4. The Morgan fingerprint density at radius 2 is 1.97 bits per heavy atom. The van der Waals surface area contributed by atoms with Crippen molar-refractivity contribution in [3.05, 3.63) is 94.0 Å². The van der Waals surface area contributed by atoms with E-state index in [1.165, 1.54) is 17.3 Å². The van der Waals surface area contributed by atoms with Gasteiger partial charge in [0, 0.05) is 62.0 Å². The molecule has 1 amide bonds. The summed E-state index contributed by atoms with van der Waals surface area (Å²) in [5, 5.41) is 4.45. The van der Waals surface area contributed by atoms with Crippen LogP contribution >= 0.6 is 0 Å². The smallest absolute Gasteiger partial charge is 0.258 e. The second-order valence-electron chi connectivity index (χ2n) is 9.73. The molecule has 0 aliphatic carbocycles. The molecule has 2 aromatic heterocycles. The first-order valence-corrected chi connectivity index (χ1v) is 12.6. The van der Waals surface area contributed by atoms with Gasteiger partial charge >= 0.3 is 0 Å². The Labute approximate surface area is 209 Å². The van der Waals surface area contributed by atoms with E-state index in [1.807, 2.05) is 47.4 Å². The van der Waals surface area contributed by atoms with E-state index in [1.54, 1.807) is 10.8 Å². The fraction of sp³-hybridized carbons (Fsp3) is 0.310. The summed E-state index contributed by atoms with van der Waals surface area (Å²) in [6.45, 7) is 3.53. The summed E-state index contributed by atoms with van der Waals surface area (Å²) in [7, 11) is 2.08. The van der Waals surface area contributed by atoms with Crippen molar-refractivity contribution in [1.82, 2.24) is 19.4 Å². The van der Waals surface area contributed by atoms with Gasteiger partial charge in [-0.05, 0) is 36.7 Å². The predicted molar refractivity (Wildman–Crippen MR) is 139 cm³/mol. The molecular formula is C29H30N4O3. The van der Waals surface area contributed by atoms with Crippen LogP contribution in [0.2, 0.25) is 0 Å². The van der Waals surface area contributed by atoms with Gasteiger partial charge in [-0.2, -0.15) is 0 Å². The molecule has 2 aliphatic heterocycles. The molecule has 2 aromatic carbocycles. The lowest BCUT2D eigenvalue weighted by Crippen LogP contribution is -2.40. The fourth-order valence-corrected chi connectivity index (χ4v) is 5.53. The number of amides is 1. The zero-order chi connectivity index (χ0) is 24.6. The first-order chi connectivity index (χ1) is 17.6. The minimum Gasteiger partial charge on any atom is -0.489 e. The van der Waals surface area contributed by atoms with Crippen LogP contribution in [0.15, 0.2) is 71.7 Å². The SMILES string of the molecule is Cn1c2c(c3ccc(-n4ccc(OCc5ccccc5)cc4=O)cc31)CN(C(=O)[C@H]1CCNC1)CC2. The first-order valence-electron chi connectivity index (χ1n) is 12.6. The Morgan fingerprint density at radius 3 is 2.75 bits per heavy atom. The number of rotatable bonds is 5. The van der Waals surface area contributed by atoms with Crippen molar-refractivity contribution in [2.45, 2.75) is 26.0 Å². The molecule has 0 spiro atoms. The van der Waals surface area contributed by atoms with Crippen molar-refractivity contribution in [2.24, 2.45) is 13.0 Å². The highest BCUT2D eigenvalue weighted by Crippen LogP contribution is 2.32. The molecule has 0 bridgehead atoms. The quantitative estimate of drug-likeness (QED) is 0.474. The molecule has 4 heterocycles. The van der Waals surface area contributed by atoms with Crippen LogP contribution in [-0.4, -0.2) is 39.6 Å². The Kier molecular flexibility index (Phi) is 5.85. The summed E-state index contributed by atoms with van der Waals surface area (Å²) in [4.78, 5) is 28.0. The maximum Gasteiger partial charge on any atom is 0.258 e. The monoisotopic (exact) mass is 482 g/mol. The third-order valence-corrected chi connectivity index (χ3v) is 7.53. The number of benzene rings is 2. The molecule has 0 saturated carbocycles. The van der Waals surface area contributed by atoms with Gasteiger partial charge in [0.15, 0.2) is 0 Å². The van der Waals surface area contributed by atoms with Gasteiger partial charge < -0.3 is 19.5 Å². The summed E-state index contributed by atoms with van der Waals surface area (Å²) in [6, 6.07) is 19.4. The Hall–Kier alpha value is -3.84. The highest BCUT2D eigenvalue weighted by atomic mass is 16.5. The first kappa shape index (κ1) is 22.6. The normalized spacial score (nSPS) is 17.4. The Balaban J connectivity index is 1.25. The molecule has 1 saturated heterocycles. The van der Waals surface area contributed by atoms with Crippen molar-refractivity contribution < 1.29 is 9.53 Å². The number of ether oxygens (including phenoxy) is 1. The van der Waals surface area contributed by atoms with Gasteiger partial charge in [0.25, 0.3) is 5.56 Å². The highest BCUT2D eigenvalue weighted by Gasteiger charge is 2.31. The number of carbonyl (C=O) groups is 1. The van der Waals surface area contributed by atoms with Crippen LogP contribution in [-0.2, 0) is 31.4 Å². The van der Waals surface area contributed by atoms with Crippen molar-refractivity contribution in [2.75, 3.05) is 19.6 Å². The molecule has 6 rings (SSSR count). The highest BCUT2D eigenvalue weighted by molar-refractivity contribution is 5.88. The van der Waals surface area contributed by atoms with Gasteiger partial charge in [-0.25, -0.2) is 0 Å². The lowest BCUT2D eigenvalue weighted by molar-refractivity contribution is -0.135. The largest absolute Gasteiger partial charge is 0.489 e. The summed E-state index contributed by atoms with van der Waals surface area (Å²) >= 11 is 0. The van der Waals surface area contributed by atoms with Crippen LogP contribution < -0.4 is 15.6 Å². The minimum absolute atomic E-state index is 0.0969. The van der Waals surface area contributed by atoms with Crippen molar-refractivity contribution in [1.29, 1.82) is 0 Å². The van der Waals surface area contributed by atoms with Gasteiger partial charge in [0.05, 0.1) is 17.1 Å². The molecule has 0 radical (unpaired) electrons. The van der Waals surface area contributed by atoms with Crippen LogP contribution in [0.4, 0.5) is 0 Å². The summed E-state index contributed by atoms with van der Waals surface area (Å²) < 4.78 is 9.68. The molecule has 7 nitrogen and oxygen atoms in total. The van der Waals surface area contributed by atoms with Gasteiger partial charge in [0.2, 0.25) is 5.91 Å². The number of fused-ring (bicyclic) bond motifs is 3. The van der Waals surface area contributed by atoms with Gasteiger partial charge in [0.1, 0.15) is 12.4 Å². The van der Waals surface area contributed by atoms with Gasteiger partial charge in [-0.15, -0.1) is 0 Å². The van der Waals surface area contributed by atoms with Crippen LogP contribution in [0.3, 0.4) is 0 Å². The van der Waals surface area contributed by atoms with Crippen LogP contribution in [0, 0.1) is 5.92 Å². The van der Waals surface area contributed by atoms with E-state index in [4.69, 9.17) is 4.74 Å². The maximum absolute atomic E-state index is 13.0. The third kappa shape index (κ3) is 4.09. The maximum atomic E-state index is 13.0. The lowest BCUT2D eigenvalue weighted by Gasteiger charge is -2.30. The van der Waals surface area contributed by atoms with E-state index in [2.05, 4.69) is 29.1 Å². The van der Waals surface area contributed by atoms with Crippen LogP contribution in [0.25, 0.3) is 16.6 Å². The van der Waals surface area contributed by atoms with E-state index >= 15 is 0 Å². The lowest BCUT2D eigenvalue weighted by atomic mass is 10.0.